The molecule has 0 aromatic heterocycles. The number of aryl methyl sites for hydroxylation is 1. The highest BCUT2D eigenvalue weighted by atomic mass is 79.9. The molecule has 0 fully saturated rings. The Morgan fingerprint density at radius 1 is 1.38 bits per heavy atom. The minimum atomic E-state index is 0.210. The van der Waals surface area contributed by atoms with E-state index in [1.165, 1.54) is 11.1 Å². The second-order valence-corrected chi connectivity index (χ2v) is 5.24. The number of hydrogen-bond acceptors (Lipinski definition) is 2. The van der Waals surface area contributed by atoms with Gasteiger partial charge in [0.25, 0.3) is 0 Å². The van der Waals surface area contributed by atoms with Crippen molar-refractivity contribution >= 4 is 15.9 Å². The van der Waals surface area contributed by atoms with E-state index in [9.17, 15) is 0 Å². The molecule has 0 heterocycles. The summed E-state index contributed by atoms with van der Waals surface area (Å²) in [6.07, 6.45) is 0. The van der Waals surface area contributed by atoms with Crippen molar-refractivity contribution in [2.24, 2.45) is 0 Å². The molecule has 0 amide bonds. The third-order valence-electron chi connectivity index (χ3n) is 2.70. The number of rotatable bonds is 5. The highest BCUT2D eigenvalue weighted by Crippen LogP contribution is 2.20. The lowest BCUT2D eigenvalue weighted by atomic mass is 10.1. The van der Waals surface area contributed by atoms with Crippen LogP contribution in [0.4, 0.5) is 0 Å². The van der Waals surface area contributed by atoms with E-state index in [1.54, 1.807) is 0 Å². The summed E-state index contributed by atoms with van der Waals surface area (Å²) in [6.45, 7) is 8.19. The molecule has 16 heavy (non-hydrogen) atoms. The smallest absolute Gasteiger partial charge is 0.0558 e. The minimum absolute atomic E-state index is 0.210. The molecule has 0 spiro atoms. The average molecular weight is 286 g/mol. The van der Waals surface area contributed by atoms with Crippen LogP contribution in [0.15, 0.2) is 22.7 Å². The van der Waals surface area contributed by atoms with E-state index in [2.05, 4.69) is 59.8 Å². The average Bonchev–Trinajstić information content (AvgIpc) is 2.20. The van der Waals surface area contributed by atoms with E-state index < -0.39 is 0 Å². The Kier molecular flexibility index (Phi) is 5.46. The van der Waals surface area contributed by atoms with Gasteiger partial charge < -0.3 is 5.11 Å². The van der Waals surface area contributed by atoms with Crippen LogP contribution in [0.5, 0.6) is 0 Å². The van der Waals surface area contributed by atoms with Crippen LogP contribution in [0, 0.1) is 6.92 Å². The van der Waals surface area contributed by atoms with Gasteiger partial charge in [-0.2, -0.15) is 0 Å². The molecule has 2 nitrogen and oxygen atoms in total. The first-order valence-electron chi connectivity index (χ1n) is 5.64. The lowest BCUT2D eigenvalue weighted by Crippen LogP contribution is -2.33. The zero-order valence-corrected chi connectivity index (χ0v) is 11.8. The van der Waals surface area contributed by atoms with Gasteiger partial charge in [0.05, 0.1) is 6.61 Å². The minimum Gasteiger partial charge on any atom is -0.395 e. The molecule has 0 atom stereocenters. The Labute approximate surface area is 106 Å². The van der Waals surface area contributed by atoms with Crippen molar-refractivity contribution in [2.75, 3.05) is 13.2 Å². The highest BCUT2D eigenvalue weighted by Gasteiger charge is 2.11. The summed E-state index contributed by atoms with van der Waals surface area (Å²) in [4.78, 5) is 2.26. The molecule has 1 aromatic carbocycles. The van der Waals surface area contributed by atoms with Crippen molar-refractivity contribution in [3.8, 4) is 0 Å². The molecule has 0 saturated heterocycles. The number of hydrogen-bond donors (Lipinski definition) is 1. The fourth-order valence-corrected chi connectivity index (χ4v) is 2.27. The molecular formula is C13H20BrNO. The molecule has 1 N–H and O–H groups in total. The molecule has 90 valence electrons. The Morgan fingerprint density at radius 2 is 2.06 bits per heavy atom. The molecule has 0 radical (unpaired) electrons. The summed E-state index contributed by atoms with van der Waals surface area (Å²) in [5, 5.41) is 9.02. The van der Waals surface area contributed by atoms with Crippen LogP contribution in [0.2, 0.25) is 0 Å². The number of halogens is 1. The van der Waals surface area contributed by atoms with Gasteiger partial charge in [-0.3, -0.25) is 4.90 Å². The van der Waals surface area contributed by atoms with Crippen molar-refractivity contribution in [3.05, 3.63) is 33.8 Å². The van der Waals surface area contributed by atoms with Gasteiger partial charge in [0.2, 0.25) is 0 Å². The second-order valence-electron chi connectivity index (χ2n) is 4.38. The predicted octanol–water partition coefficient (Wildman–Crippen LogP) is 2.96. The van der Waals surface area contributed by atoms with Gasteiger partial charge in [-0.25, -0.2) is 0 Å². The number of aliphatic hydroxyl groups excluding tert-OH is 1. The van der Waals surface area contributed by atoms with Crippen molar-refractivity contribution in [1.29, 1.82) is 0 Å². The fourth-order valence-electron chi connectivity index (χ4n) is 1.65. The first-order valence-corrected chi connectivity index (χ1v) is 6.44. The number of aliphatic hydroxyl groups is 1. The molecule has 3 heteroatoms. The molecule has 0 aliphatic heterocycles. The van der Waals surface area contributed by atoms with E-state index in [1.807, 2.05) is 0 Å². The second kappa shape index (κ2) is 6.38. The van der Waals surface area contributed by atoms with Gasteiger partial charge in [-0.05, 0) is 38.0 Å². The van der Waals surface area contributed by atoms with Gasteiger partial charge in [0.15, 0.2) is 0 Å². The molecule has 0 unspecified atom stereocenters. The van der Waals surface area contributed by atoms with Crippen LogP contribution < -0.4 is 0 Å². The van der Waals surface area contributed by atoms with Crippen LogP contribution in [0.1, 0.15) is 25.0 Å². The van der Waals surface area contributed by atoms with Crippen LogP contribution >= 0.6 is 15.9 Å². The topological polar surface area (TPSA) is 23.5 Å². The van der Waals surface area contributed by atoms with Gasteiger partial charge in [-0.15, -0.1) is 0 Å². The molecule has 0 saturated carbocycles. The summed E-state index contributed by atoms with van der Waals surface area (Å²) in [5.74, 6) is 0. The largest absolute Gasteiger partial charge is 0.395 e. The molecular weight excluding hydrogens is 266 g/mol. The number of benzene rings is 1. The summed E-state index contributed by atoms with van der Waals surface area (Å²) in [6, 6.07) is 6.84. The molecule has 0 aliphatic rings. The van der Waals surface area contributed by atoms with Crippen molar-refractivity contribution < 1.29 is 5.11 Å². The van der Waals surface area contributed by atoms with Crippen LogP contribution in [0.25, 0.3) is 0 Å². The van der Waals surface area contributed by atoms with Crippen molar-refractivity contribution in [1.82, 2.24) is 4.90 Å². The maximum Gasteiger partial charge on any atom is 0.0558 e. The Hall–Kier alpha value is -0.380. The molecule has 1 rings (SSSR count). The zero-order valence-electron chi connectivity index (χ0n) is 10.2. The van der Waals surface area contributed by atoms with E-state index in [0.29, 0.717) is 6.04 Å². The van der Waals surface area contributed by atoms with Crippen LogP contribution in [0.3, 0.4) is 0 Å². The van der Waals surface area contributed by atoms with Gasteiger partial charge in [0.1, 0.15) is 0 Å². The van der Waals surface area contributed by atoms with Crippen molar-refractivity contribution in [2.45, 2.75) is 33.4 Å². The van der Waals surface area contributed by atoms with E-state index in [-0.39, 0.29) is 6.61 Å². The fraction of sp³-hybridized carbons (Fsp3) is 0.538. The van der Waals surface area contributed by atoms with E-state index in [0.717, 1.165) is 17.6 Å². The Morgan fingerprint density at radius 3 is 2.56 bits per heavy atom. The van der Waals surface area contributed by atoms with Crippen LogP contribution in [-0.2, 0) is 6.54 Å². The Bertz CT molecular complexity index is 339. The van der Waals surface area contributed by atoms with Gasteiger partial charge in [0, 0.05) is 23.6 Å². The quantitative estimate of drug-likeness (QED) is 0.899. The molecule has 1 aromatic rings. The van der Waals surface area contributed by atoms with Crippen LogP contribution in [-0.4, -0.2) is 29.2 Å². The first kappa shape index (κ1) is 13.7. The monoisotopic (exact) mass is 285 g/mol. The first-order chi connectivity index (χ1) is 7.54. The number of nitrogens with zero attached hydrogens (tertiary/aromatic N) is 1. The Balaban J connectivity index is 2.77. The van der Waals surface area contributed by atoms with Gasteiger partial charge >= 0.3 is 0 Å². The lowest BCUT2D eigenvalue weighted by molar-refractivity contribution is 0.159. The highest BCUT2D eigenvalue weighted by molar-refractivity contribution is 9.10. The van der Waals surface area contributed by atoms with E-state index in [4.69, 9.17) is 5.11 Å². The zero-order chi connectivity index (χ0) is 12.1. The standard InChI is InChI=1S/C13H20BrNO/c1-10(2)15(6-7-16)9-12-5-4-11(3)8-13(12)14/h4-5,8,10,16H,6-7,9H2,1-3H3. The van der Waals surface area contributed by atoms with E-state index >= 15 is 0 Å². The maximum atomic E-state index is 9.02. The van der Waals surface area contributed by atoms with Gasteiger partial charge in [-0.1, -0.05) is 28.1 Å². The van der Waals surface area contributed by atoms with Crippen molar-refractivity contribution in [3.63, 3.8) is 0 Å². The third kappa shape index (κ3) is 3.89. The summed E-state index contributed by atoms with van der Waals surface area (Å²) >= 11 is 3.59. The normalized spacial score (nSPS) is 11.4. The SMILES string of the molecule is Cc1ccc(CN(CCO)C(C)C)c(Br)c1. The lowest BCUT2D eigenvalue weighted by Gasteiger charge is -2.26. The molecule has 0 aliphatic carbocycles. The summed E-state index contributed by atoms with van der Waals surface area (Å²) in [7, 11) is 0. The summed E-state index contributed by atoms with van der Waals surface area (Å²) < 4.78 is 1.15. The third-order valence-corrected chi connectivity index (χ3v) is 3.44. The maximum absolute atomic E-state index is 9.02. The predicted molar refractivity (Wildman–Crippen MR) is 71.5 cm³/mol. The summed E-state index contributed by atoms with van der Waals surface area (Å²) in [5.41, 5.74) is 2.53. The molecule has 0 bridgehead atoms.